The fraction of sp³-hybridized carbons (Fsp3) is 0.300. The lowest BCUT2D eigenvalue weighted by Crippen LogP contribution is -2.14. The zero-order valence-electron chi connectivity index (χ0n) is 7.99. The van der Waals surface area contributed by atoms with E-state index in [1.807, 2.05) is 0 Å². The van der Waals surface area contributed by atoms with Crippen molar-refractivity contribution in [2.45, 2.75) is 17.1 Å². The summed E-state index contributed by atoms with van der Waals surface area (Å²) in [6.07, 6.45) is 0. The van der Waals surface area contributed by atoms with Crippen LogP contribution in [0.25, 0.3) is 0 Å². The van der Waals surface area contributed by atoms with Crippen molar-refractivity contribution >= 4 is 17.7 Å². The summed E-state index contributed by atoms with van der Waals surface area (Å²) in [7, 11) is 1.32. The Morgan fingerprint density at radius 1 is 1.50 bits per heavy atom. The summed E-state index contributed by atoms with van der Waals surface area (Å²) in [5, 5.41) is -0.392. The normalized spacial score (nSPS) is 12.2. The molecule has 1 aromatic rings. The Morgan fingerprint density at radius 3 is 2.71 bits per heavy atom. The van der Waals surface area contributed by atoms with Gasteiger partial charge in [-0.2, -0.15) is 0 Å². The summed E-state index contributed by atoms with van der Waals surface area (Å²) in [4.78, 5) is 11.5. The first-order valence-electron chi connectivity index (χ1n) is 4.14. The molecule has 0 fully saturated rings. The van der Waals surface area contributed by atoms with E-state index < -0.39 is 5.25 Å². The molecule has 14 heavy (non-hydrogen) atoms. The number of hydrogen-bond acceptors (Lipinski definition) is 3. The quantitative estimate of drug-likeness (QED) is 0.571. The van der Waals surface area contributed by atoms with Gasteiger partial charge in [0.2, 0.25) is 0 Å². The summed E-state index contributed by atoms with van der Waals surface area (Å²) in [5.74, 6) is -0.661. The van der Waals surface area contributed by atoms with E-state index in [0.717, 1.165) is 11.8 Å². The first-order chi connectivity index (χ1) is 6.65. The van der Waals surface area contributed by atoms with Gasteiger partial charge in [-0.1, -0.05) is 12.1 Å². The van der Waals surface area contributed by atoms with Crippen LogP contribution < -0.4 is 0 Å². The number of benzene rings is 1. The topological polar surface area (TPSA) is 26.3 Å². The summed E-state index contributed by atoms with van der Waals surface area (Å²) in [5.41, 5.74) is 0. The number of methoxy groups -OCH3 is 1. The number of hydrogen-bond donors (Lipinski definition) is 0. The minimum absolute atomic E-state index is 0.312. The van der Waals surface area contributed by atoms with Gasteiger partial charge in [0.1, 0.15) is 11.1 Å². The van der Waals surface area contributed by atoms with Crippen LogP contribution in [0.4, 0.5) is 4.39 Å². The molecule has 0 aliphatic heterocycles. The number of ether oxygens (including phenoxy) is 1. The molecule has 1 rings (SSSR count). The standard InChI is InChI=1S/C10H11FO2S/c1-7(10(12)13-2)14-9-6-4-3-5-8(9)11/h3-7H,1-2H3. The van der Waals surface area contributed by atoms with Gasteiger partial charge in [-0.25, -0.2) is 4.39 Å². The lowest BCUT2D eigenvalue weighted by atomic mass is 10.3. The van der Waals surface area contributed by atoms with Crippen molar-refractivity contribution in [2.75, 3.05) is 7.11 Å². The third-order valence-corrected chi connectivity index (χ3v) is 2.80. The maximum absolute atomic E-state index is 13.1. The Morgan fingerprint density at radius 2 is 2.14 bits per heavy atom. The van der Waals surface area contributed by atoms with Gasteiger partial charge in [0.05, 0.1) is 7.11 Å². The van der Waals surface area contributed by atoms with Gasteiger partial charge in [0, 0.05) is 4.90 Å². The lowest BCUT2D eigenvalue weighted by Gasteiger charge is -2.08. The smallest absolute Gasteiger partial charge is 0.318 e. The maximum atomic E-state index is 13.1. The minimum Gasteiger partial charge on any atom is -0.468 e. The number of carbonyl (C=O) groups is 1. The van der Waals surface area contributed by atoms with Crippen molar-refractivity contribution in [1.29, 1.82) is 0 Å². The van der Waals surface area contributed by atoms with Crippen LogP contribution in [-0.4, -0.2) is 18.3 Å². The Kier molecular flexibility index (Phi) is 3.95. The molecule has 0 saturated carbocycles. The summed E-state index contributed by atoms with van der Waals surface area (Å²) in [6, 6.07) is 6.35. The molecule has 0 bridgehead atoms. The molecule has 0 aliphatic rings. The van der Waals surface area contributed by atoms with E-state index in [9.17, 15) is 9.18 Å². The highest BCUT2D eigenvalue weighted by molar-refractivity contribution is 8.00. The van der Waals surface area contributed by atoms with Crippen LogP contribution in [0.2, 0.25) is 0 Å². The molecule has 0 aromatic heterocycles. The van der Waals surface area contributed by atoms with Crippen LogP contribution in [0.3, 0.4) is 0 Å². The Hall–Kier alpha value is -1.03. The highest BCUT2D eigenvalue weighted by Crippen LogP contribution is 2.26. The molecule has 0 heterocycles. The van der Waals surface area contributed by atoms with E-state index in [2.05, 4.69) is 4.74 Å². The van der Waals surface area contributed by atoms with Crippen LogP contribution in [-0.2, 0) is 9.53 Å². The van der Waals surface area contributed by atoms with Crippen LogP contribution >= 0.6 is 11.8 Å². The molecule has 0 radical (unpaired) electrons. The van der Waals surface area contributed by atoms with Crippen LogP contribution in [0.5, 0.6) is 0 Å². The van der Waals surface area contributed by atoms with Crippen LogP contribution in [0.1, 0.15) is 6.92 Å². The molecule has 1 unspecified atom stereocenters. The molecule has 0 amide bonds. The first-order valence-corrected chi connectivity index (χ1v) is 5.02. The molecule has 0 spiro atoms. The maximum Gasteiger partial charge on any atom is 0.318 e. The van der Waals surface area contributed by atoms with Crippen LogP contribution in [0, 0.1) is 5.82 Å². The SMILES string of the molecule is COC(=O)C(C)Sc1ccccc1F. The molecular formula is C10H11FO2S. The Labute approximate surface area is 86.5 Å². The number of rotatable bonds is 3. The molecule has 0 saturated heterocycles. The second-order valence-electron chi connectivity index (χ2n) is 2.71. The number of carbonyl (C=O) groups excluding carboxylic acids is 1. The molecule has 0 N–H and O–H groups in total. The fourth-order valence-electron chi connectivity index (χ4n) is 0.945. The van der Waals surface area contributed by atoms with E-state index in [1.165, 1.54) is 13.2 Å². The van der Waals surface area contributed by atoms with Gasteiger partial charge in [-0.15, -0.1) is 11.8 Å². The van der Waals surface area contributed by atoms with Crippen molar-refractivity contribution in [3.8, 4) is 0 Å². The van der Waals surface area contributed by atoms with Crippen molar-refractivity contribution in [3.63, 3.8) is 0 Å². The van der Waals surface area contributed by atoms with E-state index in [1.54, 1.807) is 25.1 Å². The second-order valence-corrected chi connectivity index (χ2v) is 4.10. The van der Waals surface area contributed by atoms with E-state index in [-0.39, 0.29) is 11.8 Å². The van der Waals surface area contributed by atoms with Crippen molar-refractivity contribution in [1.82, 2.24) is 0 Å². The monoisotopic (exact) mass is 214 g/mol. The summed E-state index contributed by atoms with van der Waals surface area (Å²) < 4.78 is 17.7. The molecule has 1 aromatic carbocycles. The number of thioether (sulfide) groups is 1. The highest BCUT2D eigenvalue weighted by atomic mass is 32.2. The average Bonchev–Trinajstić information content (AvgIpc) is 2.20. The molecular weight excluding hydrogens is 203 g/mol. The van der Waals surface area contributed by atoms with Crippen molar-refractivity contribution in [3.05, 3.63) is 30.1 Å². The third-order valence-electron chi connectivity index (χ3n) is 1.67. The van der Waals surface area contributed by atoms with Crippen molar-refractivity contribution < 1.29 is 13.9 Å². The van der Waals surface area contributed by atoms with Gasteiger partial charge in [-0.3, -0.25) is 4.79 Å². The Balaban J connectivity index is 2.69. The lowest BCUT2D eigenvalue weighted by molar-refractivity contribution is -0.139. The van der Waals surface area contributed by atoms with Gasteiger partial charge >= 0.3 is 5.97 Å². The minimum atomic E-state index is -0.392. The van der Waals surface area contributed by atoms with Crippen molar-refractivity contribution in [2.24, 2.45) is 0 Å². The van der Waals surface area contributed by atoms with E-state index >= 15 is 0 Å². The molecule has 2 nitrogen and oxygen atoms in total. The average molecular weight is 214 g/mol. The van der Waals surface area contributed by atoms with E-state index in [0.29, 0.717) is 4.90 Å². The number of esters is 1. The predicted molar refractivity (Wildman–Crippen MR) is 53.7 cm³/mol. The molecule has 4 heteroatoms. The summed E-state index contributed by atoms with van der Waals surface area (Å²) >= 11 is 1.15. The fourth-order valence-corrected chi connectivity index (χ4v) is 1.86. The summed E-state index contributed by atoms with van der Waals surface area (Å²) in [6.45, 7) is 1.68. The molecule has 0 aliphatic carbocycles. The van der Waals surface area contributed by atoms with E-state index in [4.69, 9.17) is 0 Å². The highest BCUT2D eigenvalue weighted by Gasteiger charge is 2.15. The van der Waals surface area contributed by atoms with Crippen LogP contribution in [0.15, 0.2) is 29.2 Å². The van der Waals surface area contributed by atoms with Gasteiger partial charge in [0.15, 0.2) is 0 Å². The zero-order chi connectivity index (χ0) is 10.6. The molecule has 1 atom stereocenters. The van der Waals surface area contributed by atoms with Gasteiger partial charge in [0.25, 0.3) is 0 Å². The number of halogens is 1. The largest absolute Gasteiger partial charge is 0.468 e. The van der Waals surface area contributed by atoms with Gasteiger partial charge in [-0.05, 0) is 19.1 Å². The zero-order valence-corrected chi connectivity index (χ0v) is 8.81. The molecule has 76 valence electrons. The second kappa shape index (κ2) is 5.00. The first kappa shape index (κ1) is 11.0. The third kappa shape index (κ3) is 2.73. The van der Waals surface area contributed by atoms with Gasteiger partial charge < -0.3 is 4.74 Å². The predicted octanol–water partition coefficient (Wildman–Crippen LogP) is 2.48. The Bertz CT molecular complexity index is 328.